The Labute approximate surface area is 115 Å². The molecule has 0 amide bonds. The van der Waals surface area contributed by atoms with Crippen LogP contribution < -0.4 is 0 Å². The third-order valence-corrected chi connectivity index (χ3v) is 4.91. The largest absolute Gasteiger partial charge is 0.384 e. The SMILES string of the molecule is CCC(O)(CCc1cccs1)c1csc(S)n1. The molecule has 2 heterocycles. The molecular weight excluding hydrogens is 270 g/mol. The van der Waals surface area contributed by atoms with Crippen molar-refractivity contribution < 1.29 is 5.11 Å². The average molecular weight is 285 g/mol. The summed E-state index contributed by atoms with van der Waals surface area (Å²) in [6, 6.07) is 4.14. The number of aromatic nitrogens is 1. The predicted octanol–water partition coefficient (Wildman–Crippen LogP) is 3.72. The highest BCUT2D eigenvalue weighted by molar-refractivity contribution is 7.82. The summed E-state index contributed by atoms with van der Waals surface area (Å²) in [6.45, 7) is 1.99. The Morgan fingerprint density at radius 1 is 1.47 bits per heavy atom. The lowest BCUT2D eigenvalue weighted by Crippen LogP contribution is -2.25. The molecule has 2 aromatic rings. The van der Waals surface area contributed by atoms with E-state index < -0.39 is 5.60 Å². The van der Waals surface area contributed by atoms with Gasteiger partial charge in [-0.2, -0.15) is 0 Å². The average Bonchev–Trinajstić information content (AvgIpc) is 2.97. The van der Waals surface area contributed by atoms with Gasteiger partial charge in [-0.25, -0.2) is 4.98 Å². The van der Waals surface area contributed by atoms with Gasteiger partial charge in [0.25, 0.3) is 0 Å². The highest BCUT2D eigenvalue weighted by Gasteiger charge is 2.29. The number of thiazole rings is 1. The van der Waals surface area contributed by atoms with Crippen molar-refractivity contribution in [1.82, 2.24) is 4.98 Å². The number of hydrogen-bond acceptors (Lipinski definition) is 5. The smallest absolute Gasteiger partial charge is 0.147 e. The number of thiol groups is 1. The maximum absolute atomic E-state index is 10.6. The monoisotopic (exact) mass is 285 g/mol. The number of aliphatic hydroxyl groups is 1. The molecule has 1 unspecified atom stereocenters. The molecule has 0 radical (unpaired) electrons. The molecule has 17 heavy (non-hydrogen) atoms. The maximum atomic E-state index is 10.6. The molecule has 1 N–H and O–H groups in total. The molecule has 1 atom stereocenters. The summed E-state index contributed by atoms with van der Waals surface area (Å²) in [5.41, 5.74) is -0.0619. The summed E-state index contributed by atoms with van der Waals surface area (Å²) >= 11 is 7.40. The van der Waals surface area contributed by atoms with Crippen LogP contribution in [0.2, 0.25) is 0 Å². The summed E-state index contributed by atoms with van der Waals surface area (Å²) in [5, 5.41) is 14.6. The van der Waals surface area contributed by atoms with Gasteiger partial charge in [0, 0.05) is 10.3 Å². The second-order valence-corrected chi connectivity index (χ2v) is 6.60. The van der Waals surface area contributed by atoms with E-state index in [1.165, 1.54) is 16.2 Å². The first-order valence-corrected chi connectivity index (χ1v) is 7.74. The Bertz CT molecular complexity index is 466. The lowest BCUT2D eigenvalue weighted by molar-refractivity contribution is 0.0197. The van der Waals surface area contributed by atoms with Crippen molar-refractivity contribution in [3.63, 3.8) is 0 Å². The normalized spacial score (nSPS) is 14.8. The van der Waals surface area contributed by atoms with Gasteiger partial charge in [-0.3, -0.25) is 0 Å². The molecular formula is C12H15NOS3. The minimum absolute atomic E-state index is 0.676. The van der Waals surface area contributed by atoms with Gasteiger partial charge in [-0.15, -0.1) is 35.3 Å². The van der Waals surface area contributed by atoms with Crippen molar-refractivity contribution in [2.45, 2.75) is 36.1 Å². The van der Waals surface area contributed by atoms with Gasteiger partial charge in [0.2, 0.25) is 0 Å². The maximum Gasteiger partial charge on any atom is 0.147 e. The fourth-order valence-corrected chi connectivity index (χ4v) is 3.36. The fraction of sp³-hybridized carbons (Fsp3) is 0.417. The standard InChI is InChI=1S/C12H15NOS3/c1-2-12(14,10-8-17-11(15)13-10)6-5-9-4-3-7-16-9/h3-4,7-8,14H,2,5-6H2,1H3,(H,13,15). The van der Waals surface area contributed by atoms with Crippen LogP contribution in [0, 0.1) is 0 Å². The molecule has 0 spiro atoms. The molecule has 0 fully saturated rings. The lowest BCUT2D eigenvalue weighted by Gasteiger charge is -2.24. The van der Waals surface area contributed by atoms with Crippen LogP contribution in [0.15, 0.2) is 27.2 Å². The highest BCUT2D eigenvalue weighted by Crippen LogP contribution is 2.32. The van der Waals surface area contributed by atoms with Crippen LogP contribution in [0.25, 0.3) is 0 Å². The summed E-state index contributed by atoms with van der Waals surface area (Å²) in [4.78, 5) is 5.59. The van der Waals surface area contributed by atoms with E-state index >= 15 is 0 Å². The number of hydrogen-bond donors (Lipinski definition) is 2. The van der Waals surface area contributed by atoms with Crippen LogP contribution in [0.5, 0.6) is 0 Å². The number of thiophene rings is 1. The summed E-state index contributed by atoms with van der Waals surface area (Å²) < 4.78 is 0.711. The fourth-order valence-electron chi connectivity index (χ4n) is 1.75. The minimum Gasteiger partial charge on any atom is -0.384 e. The van der Waals surface area contributed by atoms with Crippen LogP contribution in [0.4, 0.5) is 0 Å². The molecule has 92 valence electrons. The molecule has 0 saturated heterocycles. The van der Waals surface area contributed by atoms with Crippen LogP contribution in [0.3, 0.4) is 0 Å². The van der Waals surface area contributed by atoms with Gasteiger partial charge >= 0.3 is 0 Å². The first-order valence-electron chi connectivity index (χ1n) is 5.54. The summed E-state index contributed by atoms with van der Waals surface area (Å²) in [6.07, 6.45) is 2.28. The van der Waals surface area contributed by atoms with E-state index in [2.05, 4.69) is 29.1 Å². The van der Waals surface area contributed by atoms with Gasteiger partial charge < -0.3 is 5.11 Å². The van der Waals surface area contributed by atoms with Gasteiger partial charge in [-0.1, -0.05) is 13.0 Å². The predicted molar refractivity (Wildman–Crippen MR) is 76.2 cm³/mol. The second-order valence-electron chi connectivity index (χ2n) is 3.98. The topological polar surface area (TPSA) is 33.1 Å². The Morgan fingerprint density at radius 3 is 2.82 bits per heavy atom. The first kappa shape index (κ1) is 13.1. The van der Waals surface area contributed by atoms with E-state index in [4.69, 9.17) is 0 Å². The Hall–Kier alpha value is -0.360. The van der Waals surface area contributed by atoms with Crippen molar-refractivity contribution in [3.05, 3.63) is 33.5 Å². The molecule has 0 aromatic carbocycles. The summed E-state index contributed by atoms with van der Waals surface area (Å²) in [5.74, 6) is 0. The van der Waals surface area contributed by atoms with E-state index in [1.54, 1.807) is 11.3 Å². The van der Waals surface area contributed by atoms with Gasteiger partial charge in [0.05, 0.1) is 5.69 Å². The molecule has 0 aliphatic rings. The van der Waals surface area contributed by atoms with Crippen molar-refractivity contribution in [3.8, 4) is 0 Å². The molecule has 2 nitrogen and oxygen atoms in total. The van der Waals surface area contributed by atoms with Crippen molar-refractivity contribution in [2.75, 3.05) is 0 Å². The zero-order valence-corrected chi connectivity index (χ0v) is 12.1. The molecule has 0 bridgehead atoms. The van der Waals surface area contributed by atoms with Crippen LogP contribution in [-0.4, -0.2) is 10.1 Å². The Morgan fingerprint density at radius 2 is 2.29 bits per heavy atom. The molecule has 0 aliphatic heterocycles. The van der Waals surface area contributed by atoms with E-state index in [9.17, 15) is 5.11 Å². The Kier molecular flexibility index (Phi) is 4.25. The van der Waals surface area contributed by atoms with Gasteiger partial charge in [0.1, 0.15) is 9.94 Å². The van der Waals surface area contributed by atoms with E-state index in [1.807, 2.05) is 18.4 Å². The lowest BCUT2D eigenvalue weighted by atomic mass is 9.91. The molecule has 0 saturated carbocycles. The van der Waals surface area contributed by atoms with Crippen LogP contribution in [-0.2, 0) is 12.0 Å². The van der Waals surface area contributed by atoms with Gasteiger partial charge in [-0.05, 0) is 30.7 Å². The first-order chi connectivity index (χ1) is 8.14. The summed E-state index contributed by atoms with van der Waals surface area (Å²) in [7, 11) is 0. The second kappa shape index (κ2) is 5.52. The zero-order chi connectivity index (χ0) is 12.3. The zero-order valence-electron chi connectivity index (χ0n) is 9.59. The third kappa shape index (κ3) is 3.10. The van der Waals surface area contributed by atoms with Crippen LogP contribution >= 0.6 is 35.3 Å². The highest BCUT2D eigenvalue weighted by atomic mass is 32.2. The number of aryl methyl sites for hydroxylation is 1. The van der Waals surface area contributed by atoms with Gasteiger partial charge in [0.15, 0.2) is 0 Å². The van der Waals surface area contributed by atoms with Crippen molar-refractivity contribution >= 4 is 35.3 Å². The van der Waals surface area contributed by atoms with E-state index in [-0.39, 0.29) is 0 Å². The molecule has 5 heteroatoms. The number of rotatable bonds is 5. The van der Waals surface area contributed by atoms with E-state index in [0.29, 0.717) is 17.2 Å². The Balaban J connectivity index is 2.09. The minimum atomic E-state index is -0.818. The molecule has 0 aliphatic carbocycles. The van der Waals surface area contributed by atoms with Crippen molar-refractivity contribution in [1.29, 1.82) is 0 Å². The van der Waals surface area contributed by atoms with Crippen molar-refractivity contribution in [2.24, 2.45) is 0 Å². The van der Waals surface area contributed by atoms with Crippen LogP contribution in [0.1, 0.15) is 30.3 Å². The quantitative estimate of drug-likeness (QED) is 0.821. The van der Waals surface area contributed by atoms with E-state index in [0.717, 1.165) is 12.1 Å². The third-order valence-electron chi connectivity index (χ3n) is 2.92. The number of nitrogens with zero attached hydrogens (tertiary/aromatic N) is 1. The molecule has 2 rings (SSSR count). The molecule has 2 aromatic heterocycles.